The van der Waals surface area contributed by atoms with Crippen molar-refractivity contribution in [1.29, 1.82) is 0 Å². The molecule has 2 aromatic carbocycles. The second-order valence-electron chi connectivity index (χ2n) is 5.21. The van der Waals surface area contributed by atoms with Gasteiger partial charge in [0, 0.05) is 23.0 Å². The molecule has 0 fully saturated rings. The molecular formula is C19H14ClFN2O2. The van der Waals surface area contributed by atoms with E-state index in [4.69, 9.17) is 16.3 Å². The van der Waals surface area contributed by atoms with Crippen LogP contribution < -0.4 is 10.1 Å². The number of halogens is 2. The summed E-state index contributed by atoms with van der Waals surface area (Å²) in [6, 6.07) is 14.0. The summed E-state index contributed by atoms with van der Waals surface area (Å²) in [6.45, 7) is 0. The topological polar surface area (TPSA) is 51.2 Å². The maximum atomic E-state index is 12.9. The number of amides is 1. The quantitative estimate of drug-likeness (QED) is 0.730. The monoisotopic (exact) mass is 356 g/mol. The van der Waals surface area contributed by atoms with Gasteiger partial charge in [-0.25, -0.2) is 4.39 Å². The van der Waals surface area contributed by atoms with E-state index in [0.29, 0.717) is 33.3 Å². The summed E-state index contributed by atoms with van der Waals surface area (Å²) in [7, 11) is 1.51. The third-order valence-electron chi connectivity index (χ3n) is 3.58. The molecule has 1 heterocycles. The molecule has 1 N–H and O–H groups in total. The standard InChI is InChI=1S/C19H14ClFN2O2/c1-25-17-11-12(19(24)23-14-7-5-13(21)6-8-14)4-9-15(17)18-16(20)3-2-10-22-18/h2-11H,1H3,(H,23,24). The first-order chi connectivity index (χ1) is 12.1. The van der Waals surface area contributed by atoms with E-state index in [1.807, 2.05) is 0 Å². The zero-order chi connectivity index (χ0) is 17.8. The Morgan fingerprint density at radius 3 is 2.60 bits per heavy atom. The molecule has 0 saturated carbocycles. The summed E-state index contributed by atoms with van der Waals surface area (Å²) < 4.78 is 18.3. The number of ether oxygens (including phenoxy) is 1. The average molecular weight is 357 g/mol. The highest BCUT2D eigenvalue weighted by Crippen LogP contribution is 2.33. The van der Waals surface area contributed by atoms with E-state index in [0.717, 1.165) is 0 Å². The van der Waals surface area contributed by atoms with Crippen LogP contribution in [-0.4, -0.2) is 18.0 Å². The van der Waals surface area contributed by atoms with Crippen molar-refractivity contribution in [3.63, 3.8) is 0 Å². The lowest BCUT2D eigenvalue weighted by Crippen LogP contribution is -2.12. The molecule has 0 aliphatic carbocycles. The summed E-state index contributed by atoms with van der Waals surface area (Å²) in [5, 5.41) is 3.19. The molecule has 6 heteroatoms. The zero-order valence-corrected chi connectivity index (χ0v) is 14.0. The summed E-state index contributed by atoms with van der Waals surface area (Å²) in [6.07, 6.45) is 1.63. The minimum absolute atomic E-state index is 0.330. The van der Waals surface area contributed by atoms with Crippen LogP contribution in [0.1, 0.15) is 10.4 Å². The fourth-order valence-electron chi connectivity index (χ4n) is 2.35. The summed E-state index contributed by atoms with van der Waals surface area (Å²) in [5.41, 5.74) is 2.16. The van der Waals surface area contributed by atoms with Gasteiger partial charge in [-0.1, -0.05) is 11.6 Å². The first-order valence-corrected chi connectivity index (χ1v) is 7.82. The summed E-state index contributed by atoms with van der Waals surface area (Å²) in [5.74, 6) is -0.216. The first-order valence-electron chi connectivity index (χ1n) is 7.44. The third kappa shape index (κ3) is 3.78. The number of pyridine rings is 1. The van der Waals surface area contributed by atoms with Gasteiger partial charge in [-0.05, 0) is 54.6 Å². The van der Waals surface area contributed by atoms with E-state index in [1.165, 1.54) is 31.4 Å². The number of aromatic nitrogens is 1. The van der Waals surface area contributed by atoms with E-state index in [1.54, 1.807) is 36.5 Å². The molecule has 0 unspecified atom stereocenters. The van der Waals surface area contributed by atoms with Gasteiger partial charge >= 0.3 is 0 Å². The van der Waals surface area contributed by atoms with Crippen molar-refractivity contribution >= 4 is 23.2 Å². The molecular weight excluding hydrogens is 343 g/mol. The lowest BCUT2D eigenvalue weighted by atomic mass is 10.1. The number of nitrogens with zero attached hydrogens (tertiary/aromatic N) is 1. The second-order valence-corrected chi connectivity index (χ2v) is 5.62. The minimum atomic E-state index is -0.365. The fraction of sp³-hybridized carbons (Fsp3) is 0.0526. The summed E-state index contributed by atoms with van der Waals surface area (Å²) in [4.78, 5) is 16.6. The smallest absolute Gasteiger partial charge is 0.255 e. The van der Waals surface area contributed by atoms with Crippen molar-refractivity contribution in [1.82, 2.24) is 4.98 Å². The Morgan fingerprint density at radius 1 is 1.16 bits per heavy atom. The highest BCUT2D eigenvalue weighted by molar-refractivity contribution is 6.33. The molecule has 25 heavy (non-hydrogen) atoms. The van der Waals surface area contributed by atoms with Crippen molar-refractivity contribution in [2.45, 2.75) is 0 Å². The number of nitrogens with one attached hydrogen (secondary N) is 1. The maximum Gasteiger partial charge on any atom is 0.255 e. The maximum absolute atomic E-state index is 12.9. The third-order valence-corrected chi connectivity index (χ3v) is 3.88. The van der Waals surface area contributed by atoms with Gasteiger partial charge in [-0.2, -0.15) is 0 Å². The number of hydrogen-bond donors (Lipinski definition) is 1. The Morgan fingerprint density at radius 2 is 1.92 bits per heavy atom. The number of carbonyl (C=O) groups is 1. The van der Waals surface area contributed by atoms with Crippen molar-refractivity contribution in [3.05, 3.63) is 77.2 Å². The predicted octanol–water partition coefficient (Wildman–Crippen LogP) is 4.80. The largest absolute Gasteiger partial charge is 0.496 e. The van der Waals surface area contributed by atoms with Gasteiger partial charge in [0.1, 0.15) is 11.6 Å². The number of anilines is 1. The van der Waals surface area contributed by atoms with Crippen molar-refractivity contribution in [3.8, 4) is 17.0 Å². The van der Waals surface area contributed by atoms with Gasteiger partial charge in [0.05, 0.1) is 17.8 Å². The highest BCUT2D eigenvalue weighted by atomic mass is 35.5. The Balaban J connectivity index is 1.90. The van der Waals surface area contributed by atoms with Crippen LogP contribution in [0.3, 0.4) is 0 Å². The lowest BCUT2D eigenvalue weighted by Gasteiger charge is -2.11. The lowest BCUT2D eigenvalue weighted by molar-refractivity contribution is 0.102. The molecule has 0 bridgehead atoms. The molecule has 126 valence electrons. The Kier molecular flexibility index (Phi) is 4.95. The van der Waals surface area contributed by atoms with E-state index >= 15 is 0 Å². The molecule has 1 amide bonds. The number of hydrogen-bond acceptors (Lipinski definition) is 3. The van der Waals surface area contributed by atoms with Crippen molar-refractivity contribution < 1.29 is 13.9 Å². The zero-order valence-electron chi connectivity index (χ0n) is 13.3. The normalized spacial score (nSPS) is 10.4. The minimum Gasteiger partial charge on any atom is -0.496 e. The van der Waals surface area contributed by atoms with Gasteiger partial charge in [-0.15, -0.1) is 0 Å². The van der Waals surface area contributed by atoms with Crippen LogP contribution in [0.4, 0.5) is 10.1 Å². The number of methoxy groups -OCH3 is 1. The highest BCUT2D eigenvalue weighted by Gasteiger charge is 2.14. The number of rotatable bonds is 4. The molecule has 0 spiro atoms. The van der Waals surface area contributed by atoms with Crippen LogP contribution in [0.25, 0.3) is 11.3 Å². The van der Waals surface area contributed by atoms with Gasteiger partial charge in [0.25, 0.3) is 5.91 Å². The van der Waals surface area contributed by atoms with Crippen LogP contribution in [0.5, 0.6) is 5.75 Å². The second kappa shape index (κ2) is 7.32. The molecule has 1 aromatic heterocycles. The molecule has 3 aromatic rings. The van der Waals surface area contributed by atoms with Gasteiger partial charge in [-0.3, -0.25) is 9.78 Å². The van der Waals surface area contributed by atoms with Crippen molar-refractivity contribution in [2.75, 3.05) is 12.4 Å². The molecule has 0 aliphatic rings. The van der Waals surface area contributed by atoms with E-state index < -0.39 is 0 Å². The molecule has 4 nitrogen and oxygen atoms in total. The van der Waals surface area contributed by atoms with Gasteiger partial charge < -0.3 is 10.1 Å². The van der Waals surface area contributed by atoms with E-state index in [-0.39, 0.29) is 11.7 Å². The first kappa shape index (κ1) is 16.9. The SMILES string of the molecule is COc1cc(C(=O)Nc2ccc(F)cc2)ccc1-c1ncccc1Cl. The van der Waals surface area contributed by atoms with E-state index in [2.05, 4.69) is 10.3 Å². The number of carbonyl (C=O) groups excluding carboxylic acids is 1. The van der Waals surface area contributed by atoms with Crippen LogP contribution in [0.2, 0.25) is 5.02 Å². The Labute approximate surface area is 149 Å². The fourth-order valence-corrected chi connectivity index (χ4v) is 2.57. The Bertz CT molecular complexity index is 914. The molecule has 0 saturated heterocycles. The molecule has 0 aliphatic heterocycles. The Hall–Kier alpha value is -2.92. The van der Waals surface area contributed by atoms with E-state index in [9.17, 15) is 9.18 Å². The molecule has 0 atom stereocenters. The van der Waals surface area contributed by atoms with Crippen molar-refractivity contribution in [2.24, 2.45) is 0 Å². The predicted molar refractivity (Wildman–Crippen MR) is 95.6 cm³/mol. The van der Waals surface area contributed by atoms with Gasteiger partial charge in [0.2, 0.25) is 0 Å². The van der Waals surface area contributed by atoms with Crippen LogP contribution in [0.15, 0.2) is 60.8 Å². The van der Waals surface area contributed by atoms with Crippen LogP contribution in [-0.2, 0) is 0 Å². The van der Waals surface area contributed by atoms with Crippen LogP contribution >= 0.6 is 11.6 Å². The van der Waals surface area contributed by atoms with Gasteiger partial charge in [0.15, 0.2) is 0 Å². The number of benzene rings is 2. The summed E-state index contributed by atoms with van der Waals surface area (Å²) >= 11 is 6.18. The molecule has 0 radical (unpaired) electrons. The molecule has 3 rings (SSSR count). The average Bonchev–Trinajstić information content (AvgIpc) is 2.63. The van der Waals surface area contributed by atoms with Crippen LogP contribution in [0, 0.1) is 5.82 Å².